The SMILES string of the molecule is CCCCCCCCC(=O)OCCOCCOCCOCCOCCOCCOCCN(C)C. The van der Waals surface area contributed by atoms with Crippen LogP contribution in [-0.2, 0) is 38.0 Å². The van der Waals surface area contributed by atoms with Crippen LogP contribution in [-0.4, -0.2) is 117 Å². The molecule has 0 aromatic carbocycles. The van der Waals surface area contributed by atoms with E-state index in [0.717, 1.165) is 26.0 Å². The van der Waals surface area contributed by atoms with Gasteiger partial charge in [0, 0.05) is 13.0 Å². The zero-order chi connectivity index (χ0) is 25.0. The lowest BCUT2D eigenvalue weighted by atomic mass is 10.1. The molecule has 0 atom stereocenters. The van der Waals surface area contributed by atoms with E-state index in [4.69, 9.17) is 33.2 Å². The van der Waals surface area contributed by atoms with Crippen LogP contribution in [0.3, 0.4) is 0 Å². The molecule has 0 aromatic rings. The number of ether oxygens (including phenoxy) is 7. The molecule has 0 aliphatic carbocycles. The van der Waals surface area contributed by atoms with Crippen molar-refractivity contribution in [1.82, 2.24) is 4.90 Å². The van der Waals surface area contributed by atoms with Gasteiger partial charge < -0.3 is 38.1 Å². The summed E-state index contributed by atoms with van der Waals surface area (Å²) in [6, 6.07) is 0. The van der Waals surface area contributed by atoms with E-state index in [0.29, 0.717) is 85.7 Å². The smallest absolute Gasteiger partial charge is 0.305 e. The second-order valence-electron chi connectivity index (χ2n) is 8.22. The van der Waals surface area contributed by atoms with Gasteiger partial charge in [0.2, 0.25) is 0 Å². The Morgan fingerprint density at radius 1 is 0.529 bits per heavy atom. The van der Waals surface area contributed by atoms with Gasteiger partial charge in [0.25, 0.3) is 0 Å². The first-order valence-corrected chi connectivity index (χ1v) is 12.9. The minimum Gasteiger partial charge on any atom is -0.463 e. The highest BCUT2D eigenvalue weighted by Gasteiger charge is 2.02. The van der Waals surface area contributed by atoms with Gasteiger partial charge in [-0.3, -0.25) is 4.79 Å². The van der Waals surface area contributed by atoms with E-state index in [1.54, 1.807) is 0 Å². The summed E-state index contributed by atoms with van der Waals surface area (Å²) in [6.07, 6.45) is 7.48. The molecule has 34 heavy (non-hydrogen) atoms. The van der Waals surface area contributed by atoms with Crippen molar-refractivity contribution < 1.29 is 38.0 Å². The third-order valence-corrected chi connectivity index (χ3v) is 4.77. The molecule has 9 heteroatoms. The molecular formula is C25H51NO8. The lowest BCUT2D eigenvalue weighted by Gasteiger charge is -2.10. The Hall–Kier alpha value is -0.810. The number of likely N-dealkylation sites (N-methyl/N-ethyl adjacent to an activating group) is 1. The molecule has 0 fully saturated rings. The molecule has 9 nitrogen and oxygen atoms in total. The van der Waals surface area contributed by atoms with Crippen molar-refractivity contribution in [2.24, 2.45) is 0 Å². The first kappa shape index (κ1) is 33.2. The Balaban J connectivity index is 3.10. The zero-order valence-electron chi connectivity index (χ0n) is 22.1. The number of hydrogen-bond donors (Lipinski definition) is 0. The summed E-state index contributed by atoms with van der Waals surface area (Å²) in [4.78, 5) is 13.7. The molecular weight excluding hydrogens is 442 g/mol. The van der Waals surface area contributed by atoms with Gasteiger partial charge in [0.15, 0.2) is 0 Å². The number of nitrogens with zero attached hydrogens (tertiary/aromatic N) is 1. The maximum absolute atomic E-state index is 11.6. The number of hydrogen-bond acceptors (Lipinski definition) is 9. The maximum Gasteiger partial charge on any atom is 0.305 e. The van der Waals surface area contributed by atoms with Gasteiger partial charge in [-0.2, -0.15) is 0 Å². The Morgan fingerprint density at radius 2 is 0.912 bits per heavy atom. The summed E-state index contributed by atoms with van der Waals surface area (Å²) in [7, 11) is 4.04. The van der Waals surface area contributed by atoms with E-state index >= 15 is 0 Å². The summed E-state index contributed by atoms with van der Waals surface area (Å²) in [6.45, 7) is 9.85. The maximum atomic E-state index is 11.6. The summed E-state index contributed by atoms with van der Waals surface area (Å²) < 4.78 is 37.7. The Labute approximate surface area is 207 Å². The van der Waals surface area contributed by atoms with Crippen molar-refractivity contribution in [1.29, 1.82) is 0 Å². The fourth-order valence-electron chi connectivity index (χ4n) is 2.79. The van der Waals surface area contributed by atoms with Crippen molar-refractivity contribution in [3.05, 3.63) is 0 Å². The van der Waals surface area contributed by atoms with E-state index in [-0.39, 0.29) is 5.97 Å². The molecule has 0 radical (unpaired) electrons. The normalized spacial score (nSPS) is 11.4. The lowest BCUT2D eigenvalue weighted by molar-refractivity contribution is -0.145. The fourth-order valence-corrected chi connectivity index (χ4v) is 2.79. The lowest BCUT2D eigenvalue weighted by Crippen LogP contribution is -2.19. The molecule has 0 spiro atoms. The molecule has 0 N–H and O–H groups in total. The second kappa shape index (κ2) is 28.4. The average molecular weight is 494 g/mol. The molecule has 0 aromatic heterocycles. The Morgan fingerprint density at radius 3 is 1.35 bits per heavy atom. The minimum absolute atomic E-state index is 0.134. The van der Waals surface area contributed by atoms with E-state index in [1.807, 2.05) is 14.1 Å². The topological polar surface area (TPSA) is 84.9 Å². The molecule has 0 aliphatic rings. The van der Waals surface area contributed by atoms with Gasteiger partial charge in [-0.25, -0.2) is 0 Å². The van der Waals surface area contributed by atoms with Crippen LogP contribution >= 0.6 is 0 Å². The van der Waals surface area contributed by atoms with Crippen LogP contribution < -0.4 is 0 Å². The first-order chi connectivity index (χ1) is 16.7. The van der Waals surface area contributed by atoms with Crippen molar-refractivity contribution >= 4 is 5.97 Å². The summed E-state index contributed by atoms with van der Waals surface area (Å²) in [5.74, 6) is -0.134. The quantitative estimate of drug-likeness (QED) is 0.121. The second-order valence-corrected chi connectivity index (χ2v) is 8.22. The molecule has 0 heterocycles. The van der Waals surface area contributed by atoms with E-state index in [9.17, 15) is 4.79 Å². The summed E-state index contributed by atoms with van der Waals surface area (Å²) in [5.41, 5.74) is 0. The largest absolute Gasteiger partial charge is 0.463 e. The molecule has 0 amide bonds. The fraction of sp³-hybridized carbons (Fsp3) is 0.960. The Kier molecular flexibility index (Phi) is 27.8. The average Bonchev–Trinajstić information content (AvgIpc) is 2.82. The third-order valence-electron chi connectivity index (χ3n) is 4.77. The first-order valence-electron chi connectivity index (χ1n) is 12.9. The molecule has 0 saturated heterocycles. The van der Waals surface area contributed by atoms with Crippen LogP contribution in [0.15, 0.2) is 0 Å². The number of esters is 1. The van der Waals surface area contributed by atoms with Crippen LogP contribution in [0.25, 0.3) is 0 Å². The van der Waals surface area contributed by atoms with Gasteiger partial charge in [-0.05, 0) is 20.5 Å². The standard InChI is InChI=1S/C25H51NO8/c1-4-5-6-7-8-9-10-25(27)34-24-23-33-22-21-32-20-19-31-18-17-30-16-15-29-14-13-28-12-11-26(2)3/h4-24H2,1-3H3. The molecule has 204 valence electrons. The van der Waals surface area contributed by atoms with Crippen molar-refractivity contribution in [3.63, 3.8) is 0 Å². The summed E-state index contributed by atoms with van der Waals surface area (Å²) >= 11 is 0. The van der Waals surface area contributed by atoms with Crippen molar-refractivity contribution in [3.8, 4) is 0 Å². The summed E-state index contributed by atoms with van der Waals surface area (Å²) in [5, 5.41) is 0. The number of rotatable bonds is 28. The minimum atomic E-state index is -0.134. The van der Waals surface area contributed by atoms with Crippen molar-refractivity contribution in [2.45, 2.75) is 51.9 Å². The zero-order valence-corrected chi connectivity index (χ0v) is 22.1. The van der Waals surface area contributed by atoms with Crippen LogP contribution in [0.1, 0.15) is 51.9 Å². The number of unbranched alkanes of at least 4 members (excludes halogenated alkanes) is 5. The van der Waals surface area contributed by atoms with Crippen molar-refractivity contribution in [2.75, 3.05) is 107 Å². The molecule has 0 bridgehead atoms. The van der Waals surface area contributed by atoms with Crippen LogP contribution in [0.5, 0.6) is 0 Å². The molecule has 0 aliphatic heterocycles. The van der Waals surface area contributed by atoms with Crippen LogP contribution in [0.4, 0.5) is 0 Å². The van der Waals surface area contributed by atoms with E-state index < -0.39 is 0 Å². The number of carbonyl (C=O) groups excluding carboxylic acids is 1. The van der Waals surface area contributed by atoms with Gasteiger partial charge in [-0.15, -0.1) is 0 Å². The highest BCUT2D eigenvalue weighted by atomic mass is 16.6. The van der Waals surface area contributed by atoms with E-state index in [1.165, 1.54) is 25.7 Å². The van der Waals surface area contributed by atoms with Gasteiger partial charge in [-0.1, -0.05) is 39.0 Å². The monoisotopic (exact) mass is 493 g/mol. The predicted molar refractivity (Wildman–Crippen MR) is 132 cm³/mol. The van der Waals surface area contributed by atoms with Gasteiger partial charge in [0.1, 0.15) is 6.61 Å². The van der Waals surface area contributed by atoms with Gasteiger partial charge in [0.05, 0.1) is 79.3 Å². The molecule has 0 rings (SSSR count). The molecule has 0 unspecified atom stereocenters. The highest BCUT2D eigenvalue weighted by Crippen LogP contribution is 2.07. The highest BCUT2D eigenvalue weighted by molar-refractivity contribution is 5.69. The van der Waals surface area contributed by atoms with E-state index in [2.05, 4.69) is 11.8 Å². The van der Waals surface area contributed by atoms with Gasteiger partial charge >= 0.3 is 5.97 Å². The number of carbonyl (C=O) groups is 1. The van der Waals surface area contributed by atoms with Crippen LogP contribution in [0, 0.1) is 0 Å². The van der Waals surface area contributed by atoms with Crippen LogP contribution in [0.2, 0.25) is 0 Å². The Bertz CT molecular complexity index is 412. The predicted octanol–water partition coefficient (Wildman–Crippen LogP) is 2.94. The molecule has 0 saturated carbocycles. The third kappa shape index (κ3) is 29.2.